The second-order valence-corrected chi connectivity index (χ2v) is 3.69. The summed E-state index contributed by atoms with van der Waals surface area (Å²) in [7, 11) is 0. The molecule has 88 valence electrons. The van der Waals surface area contributed by atoms with E-state index in [1.165, 1.54) is 30.3 Å². The van der Waals surface area contributed by atoms with Gasteiger partial charge in [-0.2, -0.15) is 0 Å². The van der Waals surface area contributed by atoms with Crippen molar-refractivity contribution >= 4 is 0 Å². The molecule has 0 aliphatic heterocycles. The van der Waals surface area contributed by atoms with Gasteiger partial charge in [-0.05, 0) is 37.3 Å². The Morgan fingerprint density at radius 2 is 1.65 bits per heavy atom. The van der Waals surface area contributed by atoms with E-state index < -0.39 is 11.3 Å². The van der Waals surface area contributed by atoms with Gasteiger partial charge in [-0.25, -0.2) is 4.57 Å². The van der Waals surface area contributed by atoms with Crippen LogP contribution >= 0.6 is 0 Å². The Balaban J connectivity index is 2.75. The standard InChI is InChI=1S/C12H11NO4/c1-7-6-10(15)12(17)13(11(7)16)8-2-4-9(14)5-3-8/h2-6,14-16H,1H3. The van der Waals surface area contributed by atoms with Crippen molar-refractivity contribution in [3.05, 3.63) is 46.2 Å². The van der Waals surface area contributed by atoms with Crippen LogP contribution in [0.4, 0.5) is 0 Å². The fraction of sp³-hybridized carbons (Fsp3) is 0.0833. The maximum atomic E-state index is 11.7. The van der Waals surface area contributed by atoms with E-state index in [0.29, 0.717) is 11.3 Å². The van der Waals surface area contributed by atoms with E-state index in [0.717, 1.165) is 4.57 Å². The molecule has 0 bridgehead atoms. The van der Waals surface area contributed by atoms with Crippen molar-refractivity contribution in [2.24, 2.45) is 0 Å². The van der Waals surface area contributed by atoms with Crippen molar-refractivity contribution in [1.29, 1.82) is 0 Å². The maximum Gasteiger partial charge on any atom is 0.300 e. The van der Waals surface area contributed by atoms with Gasteiger partial charge < -0.3 is 15.3 Å². The van der Waals surface area contributed by atoms with Crippen molar-refractivity contribution < 1.29 is 15.3 Å². The molecule has 1 heterocycles. The quantitative estimate of drug-likeness (QED) is 0.692. The molecule has 17 heavy (non-hydrogen) atoms. The van der Waals surface area contributed by atoms with Crippen LogP contribution in [0.25, 0.3) is 5.69 Å². The summed E-state index contributed by atoms with van der Waals surface area (Å²) in [5, 5.41) is 28.4. The van der Waals surface area contributed by atoms with E-state index in [-0.39, 0.29) is 11.6 Å². The lowest BCUT2D eigenvalue weighted by molar-refractivity contribution is 0.414. The number of phenols is 1. The lowest BCUT2D eigenvalue weighted by atomic mass is 10.2. The van der Waals surface area contributed by atoms with Crippen molar-refractivity contribution in [3.8, 4) is 23.1 Å². The van der Waals surface area contributed by atoms with Crippen LogP contribution in [-0.4, -0.2) is 19.9 Å². The molecule has 3 N–H and O–H groups in total. The Morgan fingerprint density at radius 3 is 2.24 bits per heavy atom. The molecule has 0 fully saturated rings. The fourth-order valence-corrected chi connectivity index (χ4v) is 1.56. The Bertz CT molecular complexity index is 614. The molecule has 2 aromatic rings. The van der Waals surface area contributed by atoms with Gasteiger partial charge in [0.15, 0.2) is 5.75 Å². The van der Waals surface area contributed by atoms with Gasteiger partial charge in [0, 0.05) is 5.56 Å². The molecular weight excluding hydrogens is 222 g/mol. The number of nitrogens with zero attached hydrogens (tertiary/aromatic N) is 1. The van der Waals surface area contributed by atoms with Crippen LogP contribution < -0.4 is 5.56 Å². The predicted octanol–water partition coefficient (Wildman–Crippen LogP) is 1.26. The number of phenolic OH excluding ortho intramolecular Hbond substituents is 1. The second kappa shape index (κ2) is 3.86. The van der Waals surface area contributed by atoms with Crippen molar-refractivity contribution in [3.63, 3.8) is 0 Å². The first kappa shape index (κ1) is 11.1. The normalized spacial score (nSPS) is 10.4. The van der Waals surface area contributed by atoms with Gasteiger partial charge in [0.25, 0.3) is 5.56 Å². The third-order valence-electron chi connectivity index (χ3n) is 2.45. The van der Waals surface area contributed by atoms with Gasteiger partial charge in [-0.3, -0.25) is 4.79 Å². The predicted molar refractivity (Wildman–Crippen MR) is 61.8 cm³/mol. The summed E-state index contributed by atoms with van der Waals surface area (Å²) in [6, 6.07) is 6.92. The SMILES string of the molecule is Cc1cc(O)c(=O)n(-c2ccc(O)cc2)c1O. The van der Waals surface area contributed by atoms with E-state index in [4.69, 9.17) is 5.11 Å². The van der Waals surface area contributed by atoms with E-state index in [9.17, 15) is 15.0 Å². The third-order valence-corrected chi connectivity index (χ3v) is 2.45. The lowest BCUT2D eigenvalue weighted by Gasteiger charge is -2.11. The number of pyridine rings is 1. The summed E-state index contributed by atoms with van der Waals surface area (Å²) < 4.78 is 0.976. The summed E-state index contributed by atoms with van der Waals surface area (Å²) >= 11 is 0. The molecule has 0 saturated heterocycles. The largest absolute Gasteiger partial charge is 0.508 e. The Kier molecular flexibility index (Phi) is 2.51. The van der Waals surface area contributed by atoms with Crippen LogP contribution in [-0.2, 0) is 0 Å². The first-order valence-corrected chi connectivity index (χ1v) is 4.94. The van der Waals surface area contributed by atoms with E-state index in [2.05, 4.69) is 0 Å². The highest BCUT2D eigenvalue weighted by molar-refractivity contribution is 5.44. The summed E-state index contributed by atoms with van der Waals surface area (Å²) in [6.45, 7) is 1.57. The van der Waals surface area contributed by atoms with Gasteiger partial charge in [-0.15, -0.1) is 0 Å². The lowest BCUT2D eigenvalue weighted by Crippen LogP contribution is -2.18. The Morgan fingerprint density at radius 1 is 1.06 bits per heavy atom. The van der Waals surface area contributed by atoms with Gasteiger partial charge in [0.2, 0.25) is 5.88 Å². The summed E-state index contributed by atoms with van der Waals surface area (Å²) in [4.78, 5) is 11.7. The van der Waals surface area contributed by atoms with Crippen LogP contribution in [0.3, 0.4) is 0 Å². The molecule has 0 saturated carbocycles. The highest BCUT2D eigenvalue weighted by Crippen LogP contribution is 2.22. The van der Waals surface area contributed by atoms with Crippen LogP contribution in [0.1, 0.15) is 5.56 Å². The van der Waals surface area contributed by atoms with Gasteiger partial charge in [0.1, 0.15) is 5.75 Å². The number of benzene rings is 1. The van der Waals surface area contributed by atoms with Crippen molar-refractivity contribution in [2.45, 2.75) is 6.92 Å². The number of hydrogen-bond acceptors (Lipinski definition) is 4. The highest BCUT2D eigenvalue weighted by atomic mass is 16.3. The topological polar surface area (TPSA) is 82.7 Å². The van der Waals surface area contributed by atoms with E-state index in [1.54, 1.807) is 6.92 Å². The number of aromatic hydroxyl groups is 3. The number of aryl methyl sites for hydroxylation is 1. The molecule has 0 atom stereocenters. The molecular formula is C12H11NO4. The summed E-state index contributed by atoms with van der Waals surface area (Å²) in [5.74, 6) is -0.620. The molecule has 1 aromatic heterocycles. The van der Waals surface area contributed by atoms with Crippen molar-refractivity contribution in [2.75, 3.05) is 0 Å². The van der Waals surface area contributed by atoms with Crippen LogP contribution in [0.2, 0.25) is 0 Å². The molecule has 0 aliphatic rings. The second-order valence-electron chi connectivity index (χ2n) is 3.69. The van der Waals surface area contributed by atoms with E-state index in [1.807, 2.05) is 0 Å². The number of aromatic nitrogens is 1. The maximum absolute atomic E-state index is 11.7. The van der Waals surface area contributed by atoms with Crippen molar-refractivity contribution in [1.82, 2.24) is 4.57 Å². The fourth-order valence-electron chi connectivity index (χ4n) is 1.56. The summed E-state index contributed by atoms with van der Waals surface area (Å²) in [6.07, 6.45) is 0. The molecule has 2 rings (SSSR count). The molecule has 0 spiro atoms. The zero-order valence-corrected chi connectivity index (χ0v) is 9.08. The zero-order valence-electron chi connectivity index (χ0n) is 9.08. The molecule has 0 aliphatic carbocycles. The van der Waals surface area contributed by atoms with Gasteiger partial charge >= 0.3 is 0 Å². The molecule has 0 radical (unpaired) electrons. The van der Waals surface area contributed by atoms with Gasteiger partial charge in [0.05, 0.1) is 5.69 Å². The number of hydrogen-bond donors (Lipinski definition) is 3. The van der Waals surface area contributed by atoms with Gasteiger partial charge in [-0.1, -0.05) is 0 Å². The molecule has 5 nitrogen and oxygen atoms in total. The monoisotopic (exact) mass is 233 g/mol. The molecule has 0 amide bonds. The Labute approximate surface area is 96.8 Å². The minimum Gasteiger partial charge on any atom is -0.508 e. The first-order valence-electron chi connectivity index (χ1n) is 4.94. The first-order chi connectivity index (χ1) is 8.00. The molecule has 5 heteroatoms. The minimum absolute atomic E-state index is 0.0539. The minimum atomic E-state index is -0.709. The van der Waals surface area contributed by atoms with E-state index >= 15 is 0 Å². The molecule has 0 unspecified atom stereocenters. The van der Waals surface area contributed by atoms with Crippen LogP contribution in [0.5, 0.6) is 17.4 Å². The summed E-state index contributed by atoms with van der Waals surface area (Å²) in [5.41, 5.74) is 0.0401. The van der Waals surface area contributed by atoms with Crippen LogP contribution in [0, 0.1) is 6.92 Å². The van der Waals surface area contributed by atoms with Crippen LogP contribution in [0.15, 0.2) is 35.1 Å². The third kappa shape index (κ3) is 1.82. The average Bonchev–Trinajstić information content (AvgIpc) is 2.29. The Hall–Kier alpha value is -2.43. The number of rotatable bonds is 1. The average molecular weight is 233 g/mol. The smallest absolute Gasteiger partial charge is 0.300 e. The zero-order chi connectivity index (χ0) is 12.6. The molecule has 1 aromatic carbocycles. The highest BCUT2D eigenvalue weighted by Gasteiger charge is 2.12.